The molecule has 3 aliphatic heterocycles. The van der Waals surface area contributed by atoms with Gasteiger partial charge in [0, 0.05) is 30.8 Å². The molecule has 1 saturated carbocycles. The molecule has 2 bridgehead atoms. The summed E-state index contributed by atoms with van der Waals surface area (Å²) in [7, 11) is 1.60. The highest BCUT2D eigenvalue weighted by atomic mass is 16.5. The van der Waals surface area contributed by atoms with Crippen molar-refractivity contribution in [3.63, 3.8) is 0 Å². The Bertz CT molecular complexity index is 1360. The molecule has 3 fully saturated rings. The quantitative estimate of drug-likeness (QED) is 0.518. The van der Waals surface area contributed by atoms with Crippen LogP contribution in [0.2, 0.25) is 0 Å². The van der Waals surface area contributed by atoms with Crippen molar-refractivity contribution in [2.24, 2.45) is 0 Å². The molecule has 10 nitrogen and oxygen atoms in total. The van der Waals surface area contributed by atoms with Gasteiger partial charge in [-0.2, -0.15) is 0 Å². The first kappa shape index (κ1) is 22.9. The standard InChI is InChI=1S/C26H29N5O5/c1-34-18-12-20-19(27-14-18)3-5-23(33)31(20)11-10-26-8-6-25(7-9-26,16-36-26)28-13-17-2-4-21-24(29-17)30-22(32)15-35-21/h2-5,12,14,28H,6-11,13,15-16H2,1H3,(H,29,30,32). The second-order valence-electron chi connectivity index (χ2n) is 9.94. The monoisotopic (exact) mass is 491 g/mol. The van der Waals surface area contributed by atoms with Crippen LogP contribution in [0.1, 0.15) is 37.8 Å². The molecule has 36 heavy (non-hydrogen) atoms. The van der Waals surface area contributed by atoms with Crippen LogP contribution < -0.4 is 25.7 Å². The van der Waals surface area contributed by atoms with Crippen molar-refractivity contribution < 1.29 is 19.0 Å². The fraction of sp³-hybridized carbons (Fsp3) is 0.462. The van der Waals surface area contributed by atoms with Crippen LogP contribution in [0, 0.1) is 0 Å². The molecular formula is C26H29N5O5. The SMILES string of the molecule is COc1cnc2ccc(=O)n(CCC34CCC(NCc5ccc6c(n5)NC(=O)CO6)(CC3)CO4)c2c1. The first-order valence-corrected chi connectivity index (χ1v) is 12.3. The zero-order chi connectivity index (χ0) is 24.8. The van der Waals surface area contributed by atoms with Crippen LogP contribution in [0.3, 0.4) is 0 Å². The smallest absolute Gasteiger partial charge is 0.263 e. The molecule has 2 saturated heterocycles. The summed E-state index contributed by atoms with van der Waals surface area (Å²) in [4.78, 5) is 33.2. The minimum Gasteiger partial charge on any atom is -0.495 e. The number of pyridine rings is 3. The van der Waals surface area contributed by atoms with E-state index in [2.05, 4.69) is 20.6 Å². The zero-order valence-corrected chi connectivity index (χ0v) is 20.2. The minimum absolute atomic E-state index is 0.0225. The van der Waals surface area contributed by atoms with E-state index in [1.165, 1.54) is 0 Å². The number of methoxy groups -OCH3 is 1. The van der Waals surface area contributed by atoms with Crippen molar-refractivity contribution in [1.29, 1.82) is 0 Å². The Morgan fingerprint density at radius 3 is 2.81 bits per heavy atom. The lowest BCUT2D eigenvalue weighted by Crippen LogP contribution is -2.61. The Labute approximate surface area is 208 Å². The number of anilines is 1. The topological polar surface area (TPSA) is 117 Å². The number of aryl methyl sites for hydroxylation is 1. The van der Waals surface area contributed by atoms with Crippen LogP contribution in [0.15, 0.2) is 41.3 Å². The molecule has 1 amide bonds. The van der Waals surface area contributed by atoms with E-state index < -0.39 is 0 Å². The summed E-state index contributed by atoms with van der Waals surface area (Å²) in [6.07, 6.45) is 6.29. The lowest BCUT2D eigenvalue weighted by atomic mass is 9.70. The summed E-state index contributed by atoms with van der Waals surface area (Å²) < 4.78 is 19.0. The Morgan fingerprint density at radius 1 is 1.17 bits per heavy atom. The number of hydrogen-bond donors (Lipinski definition) is 2. The van der Waals surface area contributed by atoms with E-state index in [1.807, 2.05) is 18.2 Å². The highest BCUT2D eigenvalue weighted by molar-refractivity contribution is 5.94. The van der Waals surface area contributed by atoms with Gasteiger partial charge in [0.1, 0.15) is 5.75 Å². The first-order chi connectivity index (χ1) is 17.5. The van der Waals surface area contributed by atoms with Gasteiger partial charge in [-0.15, -0.1) is 0 Å². The van der Waals surface area contributed by atoms with Crippen LogP contribution in [0.5, 0.6) is 11.5 Å². The van der Waals surface area contributed by atoms with Gasteiger partial charge in [0.15, 0.2) is 18.2 Å². The molecule has 6 heterocycles. The average Bonchev–Trinajstić information content (AvgIpc) is 2.92. The van der Waals surface area contributed by atoms with Crippen molar-refractivity contribution >= 4 is 22.8 Å². The van der Waals surface area contributed by atoms with Crippen molar-refractivity contribution in [2.45, 2.75) is 56.3 Å². The predicted octanol–water partition coefficient (Wildman–Crippen LogP) is 2.39. The average molecular weight is 492 g/mol. The second-order valence-corrected chi connectivity index (χ2v) is 9.94. The van der Waals surface area contributed by atoms with Gasteiger partial charge in [0.25, 0.3) is 11.5 Å². The maximum atomic E-state index is 12.7. The normalized spacial score (nSPS) is 24.8. The molecule has 1 aliphatic carbocycles. The fourth-order valence-electron chi connectivity index (χ4n) is 5.50. The van der Waals surface area contributed by atoms with E-state index >= 15 is 0 Å². The Kier molecular flexibility index (Phi) is 5.65. The summed E-state index contributed by atoms with van der Waals surface area (Å²) in [5.74, 6) is 1.51. The molecule has 0 unspecified atom stereocenters. The fourth-order valence-corrected chi connectivity index (χ4v) is 5.50. The molecule has 0 spiro atoms. The van der Waals surface area contributed by atoms with Gasteiger partial charge in [-0.1, -0.05) is 0 Å². The Hall–Kier alpha value is -3.50. The predicted molar refractivity (Wildman–Crippen MR) is 132 cm³/mol. The molecular weight excluding hydrogens is 462 g/mol. The molecule has 0 aromatic carbocycles. The largest absolute Gasteiger partial charge is 0.495 e. The van der Waals surface area contributed by atoms with Gasteiger partial charge in [0.2, 0.25) is 0 Å². The van der Waals surface area contributed by atoms with Crippen LogP contribution in [0.4, 0.5) is 5.82 Å². The number of carbonyl (C=O) groups excluding carboxylic acids is 1. The number of ether oxygens (including phenoxy) is 3. The summed E-state index contributed by atoms with van der Waals surface area (Å²) in [6.45, 7) is 1.80. The van der Waals surface area contributed by atoms with Crippen LogP contribution in [-0.4, -0.2) is 51.9 Å². The molecule has 2 N–H and O–H groups in total. The van der Waals surface area contributed by atoms with E-state index in [4.69, 9.17) is 14.2 Å². The number of hydrogen-bond acceptors (Lipinski definition) is 8. The molecule has 3 aromatic heterocycles. The van der Waals surface area contributed by atoms with Gasteiger partial charge in [-0.3, -0.25) is 14.6 Å². The minimum atomic E-state index is -0.219. The van der Waals surface area contributed by atoms with Crippen LogP contribution >= 0.6 is 0 Å². The molecule has 7 rings (SSSR count). The maximum absolute atomic E-state index is 12.7. The summed E-state index contributed by atoms with van der Waals surface area (Å²) in [5, 5.41) is 6.44. The van der Waals surface area contributed by atoms with Crippen LogP contribution in [0.25, 0.3) is 11.0 Å². The molecule has 0 atom stereocenters. The highest BCUT2D eigenvalue weighted by Gasteiger charge is 2.49. The third-order valence-electron chi connectivity index (χ3n) is 7.79. The van der Waals surface area contributed by atoms with Crippen molar-refractivity contribution in [3.8, 4) is 11.5 Å². The van der Waals surface area contributed by atoms with E-state index in [0.717, 1.165) is 48.8 Å². The van der Waals surface area contributed by atoms with Gasteiger partial charge in [-0.05, 0) is 50.3 Å². The van der Waals surface area contributed by atoms with Crippen molar-refractivity contribution in [2.75, 3.05) is 25.6 Å². The number of rotatable bonds is 7. The van der Waals surface area contributed by atoms with Gasteiger partial charge in [-0.25, -0.2) is 4.98 Å². The molecule has 0 radical (unpaired) electrons. The molecule has 4 aliphatic rings. The van der Waals surface area contributed by atoms with Crippen molar-refractivity contribution in [3.05, 3.63) is 52.6 Å². The van der Waals surface area contributed by atoms with Crippen LogP contribution in [-0.2, 0) is 22.6 Å². The van der Waals surface area contributed by atoms with Gasteiger partial charge >= 0.3 is 0 Å². The number of nitrogens with zero attached hydrogens (tertiary/aromatic N) is 3. The van der Waals surface area contributed by atoms with E-state index in [-0.39, 0.29) is 29.2 Å². The maximum Gasteiger partial charge on any atom is 0.263 e. The third kappa shape index (κ3) is 4.20. The van der Waals surface area contributed by atoms with E-state index in [1.54, 1.807) is 30.0 Å². The van der Waals surface area contributed by atoms with Crippen molar-refractivity contribution in [1.82, 2.24) is 19.9 Å². The number of carbonyl (C=O) groups is 1. The Balaban J connectivity index is 1.10. The Morgan fingerprint density at radius 2 is 2.03 bits per heavy atom. The number of fused-ring (bicyclic) bond motifs is 5. The zero-order valence-electron chi connectivity index (χ0n) is 20.2. The number of nitrogens with one attached hydrogen (secondary N) is 2. The first-order valence-electron chi connectivity index (χ1n) is 12.3. The van der Waals surface area contributed by atoms with Gasteiger partial charge < -0.3 is 29.4 Å². The van der Waals surface area contributed by atoms with E-state index in [9.17, 15) is 9.59 Å². The third-order valence-corrected chi connectivity index (χ3v) is 7.79. The molecule has 10 heteroatoms. The summed E-state index contributed by atoms with van der Waals surface area (Å²) >= 11 is 0. The lowest BCUT2D eigenvalue weighted by molar-refractivity contribution is -0.167. The van der Waals surface area contributed by atoms with E-state index in [0.29, 0.717) is 37.0 Å². The lowest BCUT2D eigenvalue weighted by Gasteiger charge is -2.53. The highest BCUT2D eigenvalue weighted by Crippen LogP contribution is 2.45. The molecule has 188 valence electrons. The summed E-state index contributed by atoms with van der Waals surface area (Å²) in [5.41, 5.74) is 2.04. The number of aromatic nitrogens is 3. The number of amides is 1. The summed E-state index contributed by atoms with van der Waals surface area (Å²) in [6, 6.07) is 8.96. The second kappa shape index (κ2) is 8.86. The van der Waals surface area contributed by atoms with Gasteiger partial charge in [0.05, 0.1) is 42.2 Å². The molecule has 3 aromatic rings.